The average Bonchev–Trinajstić information content (AvgIpc) is 2.66. The Morgan fingerprint density at radius 2 is 1.50 bits per heavy atom. The first-order chi connectivity index (χ1) is 12.7. The van der Waals surface area contributed by atoms with Gasteiger partial charge >= 0.3 is 0 Å². The molecule has 1 aliphatic carbocycles. The summed E-state index contributed by atoms with van der Waals surface area (Å²) in [5, 5.41) is 5.02. The van der Waals surface area contributed by atoms with Gasteiger partial charge in [0.05, 0.1) is 0 Å². The SMILES string of the molecule is Fc1cc(F)cc(C2CCc3ccc4c(ccc5ccccc54)c3C2)c1. The minimum atomic E-state index is -0.491. The largest absolute Gasteiger partial charge is 0.207 e. The van der Waals surface area contributed by atoms with E-state index in [-0.39, 0.29) is 5.92 Å². The van der Waals surface area contributed by atoms with Crippen molar-refractivity contribution >= 4 is 21.5 Å². The van der Waals surface area contributed by atoms with Gasteiger partial charge in [0, 0.05) is 6.07 Å². The molecule has 0 N–H and O–H groups in total. The third-order valence-electron chi connectivity index (χ3n) is 5.70. The number of fused-ring (bicyclic) bond motifs is 5. The lowest BCUT2D eigenvalue weighted by Crippen LogP contribution is -2.13. The average molecular weight is 344 g/mol. The van der Waals surface area contributed by atoms with Gasteiger partial charge in [-0.15, -0.1) is 0 Å². The summed E-state index contributed by atoms with van der Waals surface area (Å²) in [5.74, 6) is -0.825. The van der Waals surface area contributed by atoms with Crippen molar-refractivity contribution in [2.24, 2.45) is 0 Å². The first kappa shape index (κ1) is 15.5. The van der Waals surface area contributed by atoms with Crippen molar-refractivity contribution in [3.8, 4) is 0 Å². The van der Waals surface area contributed by atoms with Crippen LogP contribution in [0.3, 0.4) is 0 Å². The maximum atomic E-state index is 13.7. The molecule has 1 atom stereocenters. The molecule has 5 rings (SSSR count). The van der Waals surface area contributed by atoms with E-state index in [1.807, 2.05) is 0 Å². The highest BCUT2D eigenvalue weighted by molar-refractivity contribution is 6.08. The van der Waals surface area contributed by atoms with Crippen molar-refractivity contribution in [1.29, 1.82) is 0 Å². The van der Waals surface area contributed by atoms with Gasteiger partial charge in [-0.1, -0.05) is 48.5 Å². The van der Waals surface area contributed by atoms with Crippen LogP contribution >= 0.6 is 0 Å². The van der Waals surface area contributed by atoms with Crippen LogP contribution in [0.15, 0.2) is 66.7 Å². The van der Waals surface area contributed by atoms with Gasteiger partial charge in [0.1, 0.15) is 11.6 Å². The predicted octanol–water partition coefficient (Wildman–Crippen LogP) is 6.54. The molecule has 128 valence electrons. The summed E-state index contributed by atoms with van der Waals surface area (Å²) in [4.78, 5) is 0. The number of hydrogen-bond donors (Lipinski definition) is 0. The van der Waals surface area contributed by atoms with Gasteiger partial charge in [-0.3, -0.25) is 0 Å². The number of halogens is 2. The first-order valence-corrected chi connectivity index (χ1v) is 9.07. The molecule has 0 aliphatic heterocycles. The molecule has 1 unspecified atom stereocenters. The van der Waals surface area contributed by atoms with Gasteiger partial charge < -0.3 is 0 Å². The Balaban J connectivity index is 1.65. The fourth-order valence-corrected chi connectivity index (χ4v) is 4.44. The highest BCUT2D eigenvalue weighted by Crippen LogP contribution is 2.38. The van der Waals surface area contributed by atoms with Gasteiger partial charge in [0.15, 0.2) is 0 Å². The van der Waals surface area contributed by atoms with E-state index in [4.69, 9.17) is 0 Å². The summed E-state index contributed by atoms with van der Waals surface area (Å²) in [5.41, 5.74) is 3.46. The maximum Gasteiger partial charge on any atom is 0.126 e. The van der Waals surface area contributed by atoms with E-state index in [1.54, 1.807) is 0 Å². The molecule has 0 saturated carbocycles. The van der Waals surface area contributed by atoms with Crippen LogP contribution in [-0.2, 0) is 12.8 Å². The zero-order valence-electron chi connectivity index (χ0n) is 14.3. The van der Waals surface area contributed by atoms with Crippen molar-refractivity contribution in [2.75, 3.05) is 0 Å². The van der Waals surface area contributed by atoms with Crippen LogP contribution in [0.5, 0.6) is 0 Å². The Labute approximate surface area is 151 Å². The topological polar surface area (TPSA) is 0 Å². The van der Waals surface area contributed by atoms with Gasteiger partial charge in [0.2, 0.25) is 0 Å². The van der Waals surface area contributed by atoms with E-state index in [2.05, 4.69) is 48.5 Å². The minimum Gasteiger partial charge on any atom is -0.207 e. The first-order valence-electron chi connectivity index (χ1n) is 9.07. The van der Waals surface area contributed by atoms with E-state index in [1.165, 1.54) is 44.8 Å². The van der Waals surface area contributed by atoms with E-state index in [0.29, 0.717) is 0 Å². The lowest BCUT2D eigenvalue weighted by atomic mass is 9.78. The van der Waals surface area contributed by atoms with Crippen LogP contribution in [0.2, 0.25) is 0 Å². The van der Waals surface area contributed by atoms with Crippen molar-refractivity contribution in [3.63, 3.8) is 0 Å². The molecular weight excluding hydrogens is 326 g/mol. The lowest BCUT2D eigenvalue weighted by Gasteiger charge is -2.26. The zero-order chi connectivity index (χ0) is 17.7. The summed E-state index contributed by atoms with van der Waals surface area (Å²) in [7, 11) is 0. The Hall–Kier alpha value is -2.74. The van der Waals surface area contributed by atoms with Crippen molar-refractivity contribution in [1.82, 2.24) is 0 Å². The van der Waals surface area contributed by atoms with Crippen LogP contribution < -0.4 is 0 Å². The van der Waals surface area contributed by atoms with E-state index >= 15 is 0 Å². The van der Waals surface area contributed by atoms with Gasteiger partial charge in [0.25, 0.3) is 0 Å². The summed E-state index contributed by atoms with van der Waals surface area (Å²) in [6.07, 6.45) is 2.70. The quantitative estimate of drug-likeness (QED) is 0.344. The van der Waals surface area contributed by atoms with Crippen LogP contribution in [0.1, 0.15) is 29.0 Å². The van der Waals surface area contributed by atoms with Gasteiger partial charge in [-0.05, 0) is 75.5 Å². The number of benzene rings is 4. The lowest BCUT2D eigenvalue weighted by molar-refractivity contribution is 0.552. The summed E-state index contributed by atoms with van der Waals surface area (Å²) >= 11 is 0. The molecule has 0 heterocycles. The Morgan fingerprint density at radius 3 is 2.35 bits per heavy atom. The summed E-state index contributed by atoms with van der Waals surface area (Å²) in [6, 6.07) is 21.2. The van der Waals surface area contributed by atoms with Crippen LogP contribution in [0, 0.1) is 11.6 Å². The highest BCUT2D eigenvalue weighted by atomic mass is 19.1. The summed E-state index contributed by atoms with van der Waals surface area (Å²) < 4.78 is 27.3. The Kier molecular flexibility index (Phi) is 3.53. The molecule has 0 aromatic heterocycles. The number of aryl methyl sites for hydroxylation is 1. The molecule has 4 aromatic rings. The van der Waals surface area contributed by atoms with Crippen molar-refractivity contribution < 1.29 is 8.78 Å². The molecule has 0 nitrogen and oxygen atoms in total. The molecule has 0 amide bonds. The fraction of sp³-hybridized carbons (Fsp3) is 0.167. The second-order valence-electron chi connectivity index (χ2n) is 7.23. The molecule has 0 spiro atoms. The Bertz CT molecular complexity index is 1120. The Morgan fingerprint density at radius 1 is 0.731 bits per heavy atom. The fourth-order valence-electron chi connectivity index (χ4n) is 4.44. The maximum absolute atomic E-state index is 13.7. The van der Waals surface area contributed by atoms with Crippen LogP contribution in [-0.4, -0.2) is 0 Å². The van der Waals surface area contributed by atoms with Crippen LogP contribution in [0.25, 0.3) is 21.5 Å². The monoisotopic (exact) mass is 344 g/mol. The van der Waals surface area contributed by atoms with E-state index in [9.17, 15) is 8.78 Å². The molecule has 0 fully saturated rings. The zero-order valence-corrected chi connectivity index (χ0v) is 14.3. The highest BCUT2D eigenvalue weighted by Gasteiger charge is 2.23. The molecule has 4 aromatic carbocycles. The third-order valence-corrected chi connectivity index (χ3v) is 5.70. The molecule has 2 heteroatoms. The van der Waals surface area contributed by atoms with Gasteiger partial charge in [-0.25, -0.2) is 8.78 Å². The van der Waals surface area contributed by atoms with Crippen molar-refractivity contribution in [3.05, 3.63) is 95.1 Å². The molecule has 26 heavy (non-hydrogen) atoms. The smallest absolute Gasteiger partial charge is 0.126 e. The second-order valence-corrected chi connectivity index (χ2v) is 7.23. The van der Waals surface area contributed by atoms with Crippen molar-refractivity contribution in [2.45, 2.75) is 25.2 Å². The third kappa shape index (κ3) is 2.48. The minimum absolute atomic E-state index is 0.157. The standard InChI is InChI=1S/C24H18F2/c25-19-11-18(12-20(26)14-19)17-6-5-16-8-9-22-21-4-2-1-3-15(21)7-10-23(22)24(16)13-17/h1-4,7-12,14,17H,5-6,13H2. The molecule has 0 bridgehead atoms. The van der Waals surface area contributed by atoms with Crippen LogP contribution in [0.4, 0.5) is 8.78 Å². The molecule has 0 saturated heterocycles. The summed E-state index contributed by atoms with van der Waals surface area (Å²) in [6.45, 7) is 0. The molecule has 1 aliphatic rings. The second kappa shape index (κ2) is 5.91. The predicted molar refractivity (Wildman–Crippen MR) is 103 cm³/mol. The normalized spacial score (nSPS) is 16.8. The molecular formula is C24H18F2. The number of hydrogen-bond acceptors (Lipinski definition) is 0. The number of rotatable bonds is 1. The van der Waals surface area contributed by atoms with E-state index < -0.39 is 11.6 Å². The van der Waals surface area contributed by atoms with E-state index in [0.717, 1.165) is 30.9 Å². The molecule has 0 radical (unpaired) electrons. The van der Waals surface area contributed by atoms with Gasteiger partial charge in [-0.2, -0.15) is 0 Å².